The third-order valence-corrected chi connectivity index (χ3v) is 3.29. The maximum absolute atomic E-state index is 12.7. The van der Waals surface area contributed by atoms with Crippen molar-refractivity contribution in [3.63, 3.8) is 0 Å². The van der Waals surface area contributed by atoms with Gasteiger partial charge in [0.05, 0.1) is 6.20 Å². The van der Waals surface area contributed by atoms with Gasteiger partial charge < -0.3 is 15.2 Å². The number of halogens is 1. The van der Waals surface area contributed by atoms with Gasteiger partial charge in [-0.2, -0.15) is 5.10 Å². The average Bonchev–Trinajstić information content (AvgIpc) is 2.79. The van der Waals surface area contributed by atoms with Gasteiger partial charge in [-0.1, -0.05) is 0 Å². The molecule has 2 N–H and O–H groups in total. The van der Waals surface area contributed by atoms with Crippen molar-refractivity contribution in [1.29, 1.82) is 0 Å². The molecule has 1 atom stereocenters. The lowest BCUT2D eigenvalue weighted by molar-refractivity contribution is 0.106. The molecule has 1 aromatic carbocycles. The fraction of sp³-hybridized carbons (Fsp3) is 0.400. The average molecular weight is 293 g/mol. The molecular weight excluding hydrogens is 273 g/mol. The van der Waals surface area contributed by atoms with Gasteiger partial charge in [0.2, 0.25) is 0 Å². The van der Waals surface area contributed by atoms with Gasteiger partial charge >= 0.3 is 0 Å². The largest absolute Gasteiger partial charge is 0.491 e. The van der Waals surface area contributed by atoms with E-state index in [1.807, 2.05) is 24.9 Å². The standard InChI is InChI=1S/C15H20FN3O2/c1-11-12(8-18-19(11)2)7-17-9-14(20)10-21-15-5-3-13(16)4-6-15/h3-6,8,14,17,20H,7,9-10H2,1-2H3. The van der Waals surface area contributed by atoms with Crippen molar-refractivity contribution in [2.75, 3.05) is 13.2 Å². The van der Waals surface area contributed by atoms with E-state index in [-0.39, 0.29) is 12.4 Å². The molecule has 0 fully saturated rings. The zero-order chi connectivity index (χ0) is 15.2. The van der Waals surface area contributed by atoms with Gasteiger partial charge in [0.1, 0.15) is 24.3 Å². The summed E-state index contributed by atoms with van der Waals surface area (Å²) in [6.45, 7) is 3.21. The maximum Gasteiger partial charge on any atom is 0.123 e. The topological polar surface area (TPSA) is 59.3 Å². The van der Waals surface area contributed by atoms with Crippen LogP contribution in [0.15, 0.2) is 30.5 Å². The molecule has 0 saturated heterocycles. The summed E-state index contributed by atoms with van der Waals surface area (Å²) >= 11 is 0. The van der Waals surface area contributed by atoms with Crippen molar-refractivity contribution in [3.05, 3.63) is 47.5 Å². The monoisotopic (exact) mass is 293 g/mol. The summed E-state index contributed by atoms with van der Waals surface area (Å²) in [6.07, 6.45) is 1.18. The highest BCUT2D eigenvalue weighted by atomic mass is 19.1. The molecule has 0 aliphatic heterocycles. The smallest absolute Gasteiger partial charge is 0.123 e. The predicted molar refractivity (Wildman–Crippen MR) is 77.6 cm³/mol. The Kier molecular flexibility index (Phi) is 5.30. The minimum atomic E-state index is -0.632. The van der Waals surface area contributed by atoms with Crippen molar-refractivity contribution in [3.8, 4) is 5.75 Å². The zero-order valence-corrected chi connectivity index (χ0v) is 12.2. The molecule has 0 amide bonds. The second kappa shape index (κ2) is 7.19. The first-order valence-corrected chi connectivity index (χ1v) is 6.81. The minimum absolute atomic E-state index is 0.157. The van der Waals surface area contributed by atoms with Gasteiger partial charge in [-0.3, -0.25) is 4.68 Å². The van der Waals surface area contributed by atoms with E-state index in [0.29, 0.717) is 18.8 Å². The molecule has 0 aliphatic carbocycles. The lowest BCUT2D eigenvalue weighted by atomic mass is 10.2. The Morgan fingerprint density at radius 1 is 1.38 bits per heavy atom. The van der Waals surface area contributed by atoms with Crippen LogP contribution in [0.4, 0.5) is 4.39 Å². The third-order valence-electron chi connectivity index (χ3n) is 3.29. The molecule has 0 radical (unpaired) electrons. The van der Waals surface area contributed by atoms with Crippen LogP contribution >= 0.6 is 0 Å². The molecule has 2 rings (SSSR count). The molecule has 5 nitrogen and oxygen atoms in total. The minimum Gasteiger partial charge on any atom is -0.491 e. The Labute approximate surface area is 123 Å². The number of hydrogen-bond acceptors (Lipinski definition) is 4. The van der Waals surface area contributed by atoms with E-state index in [2.05, 4.69) is 10.4 Å². The first-order valence-electron chi connectivity index (χ1n) is 6.81. The number of rotatable bonds is 7. The van der Waals surface area contributed by atoms with E-state index in [1.54, 1.807) is 0 Å². The number of aryl methyl sites for hydroxylation is 1. The van der Waals surface area contributed by atoms with E-state index in [1.165, 1.54) is 24.3 Å². The molecule has 0 saturated carbocycles. The van der Waals surface area contributed by atoms with Crippen LogP contribution in [0.3, 0.4) is 0 Å². The van der Waals surface area contributed by atoms with Crippen LogP contribution in [0.5, 0.6) is 5.75 Å². The second-order valence-electron chi connectivity index (χ2n) is 4.93. The molecule has 1 aromatic heterocycles. The number of aromatic nitrogens is 2. The second-order valence-corrected chi connectivity index (χ2v) is 4.93. The number of hydrogen-bond donors (Lipinski definition) is 2. The molecule has 2 aromatic rings. The van der Waals surface area contributed by atoms with Gasteiger partial charge in [-0.25, -0.2) is 4.39 Å². The van der Waals surface area contributed by atoms with E-state index in [4.69, 9.17) is 4.74 Å². The fourth-order valence-corrected chi connectivity index (χ4v) is 1.87. The molecule has 1 unspecified atom stereocenters. The van der Waals surface area contributed by atoms with E-state index in [9.17, 15) is 9.50 Å². The molecule has 0 bridgehead atoms. The summed E-state index contributed by atoms with van der Waals surface area (Å²) in [5, 5.41) is 17.1. The number of nitrogens with one attached hydrogen (secondary N) is 1. The van der Waals surface area contributed by atoms with Crippen LogP contribution in [0, 0.1) is 12.7 Å². The van der Waals surface area contributed by atoms with E-state index < -0.39 is 6.10 Å². The van der Waals surface area contributed by atoms with Crippen LogP contribution in [0.1, 0.15) is 11.3 Å². The van der Waals surface area contributed by atoms with E-state index >= 15 is 0 Å². The normalized spacial score (nSPS) is 12.4. The van der Waals surface area contributed by atoms with Gasteiger partial charge in [0.25, 0.3) is 0 Å². The van der Waals surface area contributed by atoms with Crippen molar-refractivity contribution >= 4 is 0 Å². The maximum atomic E-state index is 12.7. The third kappa shape index (κ3) is 4.54. The summed E-state index contributed by atoms with van der Waals surface area (Å²) in [5.74, 6) is 0.231. The molecule has 114 valence electrons. The fourth-order valence-electron chi connectivity index (χ4n) is 1.87. The Morgan fingerprint density at radius 3 is 2.71 bits per heavy atom. The Balaban J connectivity index is 1.69. The molecular formula is C15H20FN3O2. The Morgan fingerprint density at radius 2 is 2.10 bits per heavy atom. The number of benzene rings is 1. The van der Waals surface area contributed by atoms with Crippen molar-refractivity contribution in [2.45, 2.75) is 19.6 Å². The molecule has 0 aliphatic rings. The number of aliphatic hydroxyl groups is 1. The summed E-state index contributed by atoms with van der Waals surface area (Å²) in [6, 6.07) is 5.72. The lowest BCUT2D eigenvalue weighted by Gasteiger charge is -2.13. The van der Waals surface area contributed by atoms with Crippen LogP contribution in [-0.4, -0.2) is 34.1 Å². The quantitative estimate of drug-likeness (QED) is 0.810. The highest BCUT2D eigenvalue weighted by Gasteiger charge is 2.07. The lowest BCUT2D eigenvalue weighted by Crippen LogP contribution is -2.31. The SMILES string of the molecule is Cc1c(CNCC(O)COc2ccc(F)cc2)cnn1C. The van der Waals surface area contributed by atoms with Gasteiger partial charge in [0.15, 0.2) is 0 Å². The molecule has 0 spiro atoms. The first kappa shape index (κ1) is 15.5. The van der Waals surface area contributed by atoms with Crippen LogP contribution in [0.25, 0.3) is 0 Å². The van der Waals surface area contributed by atoms with Crippen LogP contribution < -0.4 is 10.1 Å². The van der Waals surface area contributed by atoms with Crippen LogP contribution in [0.2, 0.25) is 0 Å². The van der Waals surface area contributed by atoms with Crippen molar-refractivity contribution < 1.29 is 14.2 Å². The molecule has 1 heterocycles. The molecule has 6 heteroatoms. The summed E-state index contributed by atoms with van der Waals surface area (Å²) in [5.41, 5.74) is 2.20. The first-order chi connectivity index (χ1) is 10.1. The number of aliphatic hydroxyl groups excluding tert-OH is 1. The van der Waals surface area contributed by atoms with Crippen molar-refractivity contribution in [1.82, 2.24) is 15.1 Å². The zero-order valence-electron chi connectivity index (χ0n) is 12.2. The summed E-state index contributed by atoms with van der Waals surface area (Å²) in [7, 11) is 1.89. The van der Waals surface area contributed by atoms with Gasteiger partial charge in [0, 0.05) is 31.4 Å². The Bertz CT molecular complexity index is 569. The van der Waals surface area contributed by atoms with Crippen LogP contribution in [-0.2, 0) is 13.6 Å². The predicted octanol–water partition coefficient (Wildman–Crippen LogP) is 1.40. The highest BCUT2D eigenvalue weighted by molar-refractivity contribution is 5.22. The molecule has 21 heavy (non-hydrogen) atoms. The number of ether oxygens (including phenoxy) is 1. The summed E-state index contributed by atoms with van der Waals surface area (Å²) < 4.78 is 19.9. The van der Waals surface area contributed by atoms with Gasteiger partial charge in [-0.15, -0.1) is 0 Å². The Hall–Kier alpha value is -1.92. The highest BCUT2D eigenvalue weighted by Crippen LogP contribution is 2.11. The van der Waals surface area contributed by atoms with E-state index in [0.717, 1.165) is 11.3 Å². The van der Waals surface area contributed by atoms with Crippen molar-refractivity contribution in [2.24, 2.45) is 7.05 Å². The summed E-state index contributed by atoms with van der Waals surface area (Å²) in [4.78, 5) is 0. The van der Waals surface area contributed by atoms with Gasteiger partial charge in [-0.05, 0) is 31.2 Å². The number of nitrogens with zero attached hydrogens (tertiary/aromatic N) is 2.